The van der Waals surface area contributed by atoms with Crippen LogP contribution in [0.15, 0.2) is 12.7 Å². The molecule has 0 aromatic carbocycles. The van der Waals surface area contributed by atoms with E-state index in [1.54, 1.807) is 0 Å². The second-order valence-corrected chi connectivity index (χ2v) is 6.97. The highest BCUT2D eigenvalue weighted by Gasteiger charge is 2.18. The number of rotatable bonds is 17. The van der Waals surface area contributed by atoms with Crippen LogP contribution in [0.3, 0.4) is 0 Å². The second-order valence-electron chi connectivity index (χ2n) is 6.97. The lowest BCUT2D eigenvalue weighted by Gasteiger charge is -2.20. The van der Waals surface area contributed by atoms with E-state index in [9.17, 15) is 14.7 Å². The average Bonchev–Trinajstić information content (AvgIpc) is 2.57. The number of carbonyl (C=O) groups excluding carboxylic acids is 2. The molecule has 0 heterocycles. The van der Waals surface area contributed by atoms with Crippen LogP contribution in [0.4, 0.5) is 0 Å². The number of aliphatic hydroxyl groups excluding tert-OH is 1. The predicted octanol–water partition coefficient (Wildman–Crippen LogP) is 4.71. The molecule has 26 heavy (non-hydrogen) atoms. The maximum absolute atomic E-state index is 11.2. The van der Waals surface area contributed by atoms with E-state index >= 15 is 0 Å². The summed E-state index contributed by atoms with van der Waals surface area (Å²) in [6.45, 7) is 6.36. The Hall–Kier alpha value is -1.36. The Balaban J connectivity index is 3.75. The Kier molecular flexibility index (Phi) is 16.2. The summed E-state index contributed by atoms with van der Waals surface area (Å²) in [4.78, 5) is 22.0. The van der Waals surface area contributed by atoms with Crippen LogP contribution in [0, 0.1) is 0 Å². The SMILES string of the molecule is C=CCCCCCCCCCCC[C@@H](C[C@@H](O)COC(C)=O)OC(C)=O. The van der Waals surface area contributed by atoms with Crippen molar-refractivity contribution in [2.45, 2.75) is 103 Å². The van der Waals surface area contributed by atoms with Crippen molar-refractivity contribution in [3.63, 3.8) is 0 Å². The number of carbonyl (C=O) groups is 2. The third-order valence-electron chi connectivity index (χ3n) is 4.28. The lowest BCUT2D eigenvalue weighted by atomic mass is 10.0. The molecule has 0 saturated carbocycles. The van der Waals surface area contributed by atoms with Gasteiger partial charge in [0.25, 0.3) is 0 Å². The summed E-state index contributed by atoms with van der Waals surface area (Å²) in [5.41, 5.74) is 0. The van der Waals surface area contributed by atoms with E-state index in [0.717, 1.165) is 25.7 Å². The molecular formula is C21H38O5. The lowest BCUT2D eigenvalue weighted by Crippen LogP contribution is -2.26. The van der Waals surface area contributed by atoms with Crippen LogP contribution in [0.25, 0.3) is 0 Å². The van der Waals surface area contributed by atoms with Gasteiger partial charge in [-0.2, -0.15) is 0 Å². The maximum Gasteiger partial charge on any atom is 0.302 e. The number of allylic oxidation sites excluding steroid dienone is 1. The predicted molar refractivity (Wildman–Crippen MR) is 104 cm³/mol. The number of aliphatic hydroxyl groups is 1. The highest BCUT2D eigenvalue weighted by molar-refractivity contribution is 5.66. The number of hydrogen-bond acceptors (Lipinski definition) is 5. The molecule has 152 valence electrons. The van der Waals surface area contributed by atoms with Crippen LogP contribution in [-0.2, 0) is 19.1 Å². The third-order valence-corrected chi connectivity index (χ3v) is 4.28. The van der Waals surface area contributed by atoms with Gasteiger partial charge in [0.2, 0.25) is 0 Å². The minimum absolute atomic E-state index is 0.0557. The molecule has 0 aliphatic rings. The normalized spacial score (nSPS) is 13.0. The van der Waals surface area contributed by atoms with Gasteiger partial charge in [0, 0.05) is 20.3 Å². The van der Waals surface area contributed by atoms with Crippen LogP contribution in [0.1, 0.15) is 90.9 Å². The summed E-state index contributed by atoms with van der Waals surface area (Å²) in [7, 11) is 0. The van der Waals surface area contributed by atoms with Crippen molar-refractivity contribution in [2.75, 3.05) is 6.61 Å². The first-order chi connectivity index (χ1) is 12.5. The molecule has 1 N–H and O–H groups in total. The van der Waals surface area contributed by atoms with E-state index in [1.165, 1.54) is 58.8 Å². The van der Waals surface area contributed by atoms with Crippen LogP contribution >= 0.6 is 0 Å². The standard InChI is InChI=1S/C21H38O5/c1-4-5-6-7-8-9-10-11-12-13-14-15-21(26-19(3)23)16-20(24)17-25-18(2)22/h4,20-21,24H,1,5-17H2,2-3H3/t20-,21+/m1/s1. The summed E-state index contributed by atoms with van der Waals surface area (Å²) in [6, 6.07) is 0. The molecule has 0 rings (SSSR count). The monoisotopic (exact) mass is 370 g/mol. The Morgan fingerprint density at radius 1 is 0.923 bits per heavy atom. The highest BCUT2D eigenvalue weighted by atomic mass is 16.5. The van der Waals surface area contributed by atoms with Crippen LogP contribution in [-0.4, -0.2) is 35.9 Å². The first kappa shape index (κ1) is 24.6. The van der Waals surface area contributed by atoms with Crippen LogP contribution in [0.2, 0.25) is 0 Å². The van der Waals surface area contributed by atoms with E-state index in [-0.39, 0.29) is 18.7 Å². The van der Waals surface area contributed by atoms with Crippen molar-refractivity contribution in [3.8, 4) is 0 Å². The summed E-state index contributed by atoms with van der Waals surface area (Å²) < 4.78 is 10.1. The molecule has 5 heteroatoms. The zero-order valence-electron chi connectivity index (χ0n) is 16.7. The van der Waals surface area contributed by atoms with Crippen molar-refractivity contribution in [3.05, 3.63) is 12.7 Å². The third kappa shape index (κ3) is 17.5. The summed E-state index contributed by atoms with van der Waals surface area (Å²) in [6.07, 6.45) is 14.0. The average molecular weight is 371 g/mol. The van der Waals surface area contributed by atoms with Gasteiger partial charge in [-0.1, -0.05) is 51.0 Å². The molecule has 5 nitrogen and oxygen atoms in total. The first-order valence-corrected chi connectivity index (χ1v) is 10.0. The number of esters is 2. The van der Waals surface area contributed by atoms with Crippen molar-refractivity contribution < 1.29 is 24.2 Å². The molecule has 0 bridgehead atoms. The molecule has 0 fully saturated rings. The van der Waals surface area contributed by atoms with Gasteiger partial charge in [0.15, 0.2) is 0 Å². The van der Waals surface area contributed by atoms with Gasteiger partial charge in [-0.15, -0.1) is 6.58 Å². The number of hydrogen-bond donors (Lipinski definition) is 1. The topological polar surface area (TPSA) is 72.8 Å². The summed E-state index contributed by atoms with van der Waals surface area (Å²) >= 11 is 0. The molecule has 0 radical (unpaired) electrons. The van der Waals surface area contributed by atoms with E-state index in [0.29, 0.717) is 6.42 Å². The van der Waals surface area contributed by atoms with Gasteiger partial charge in [-0.3, -0.25) is 9.59 Å². The molecule has 0 spiro atoms. The highest BCUT2D eigenvalue weighted by Crippen LogP contribution is 2.16. The summed E-state index contributed by atoms with van der Waals surface area (Å²) in [5, 5.41) is 9.88. The zero-order valence-corrected chi connectivity index (χ0v) is 16.7. The quantitative estimate of drug-likeness (QED) is 0.228. The number of unbranched alkanes of at least 4 members (excludes halogenated alkanes) is 9. The minimum atomic E-state index is -0.802. The molecule has 0 aliphatic carbocycles. The Labute approximate surface area is 159 Å². The van der Waals surface area contributed by atoms with Gasteiger partial charge in [-0.05, 0) is 25.7 Å². The van der Waals surface area contributed by atoms with Crippen molar-refractivity contribution in [1.82, 2.24) is 0 Å². The molecule has 0 aliphatic heterocycles. The maximum atomic E-state index is 11.2. The smallest absolute Gasteiger partial charge is 0.302 e. The van der Waals surface area contributed by atoms with Crippen LogP contribution < -0.4 is 0 Å². The van der Waals surface area contributed by atoms with E-state index < -0.39 is 12.1 Å². The van der Waals surface area contributed by atoms with Gasteiger partial charge in [0.05, 0.1) is 6.10 Å². The molecule has 0 amide bonds. The van der Waals surface area contributed by atoms with Gasteiger partial charge < -0.3 is 14.6 Å². The van der Waals surface area contributed by atoms with E-state index in [4.69, 9.17) is 9.47 Å². The van der Waals surface area contributed by atoms with Crippen molar-refractivity contribution >= 4 is 11.9 Å². The van der Waals surface area contributed by atoms with Gasteiger partial charge in [-0.25, -0.2) is 0 Å². The molecule has 0 aromatic heterocycles. The van der Waals surface area contributed by atoms with Crippen LogP contribution in [0.5, 0.6) is 0 Å². The fourth-order valence-electron chi connectivity index (χ4n) is 2.94. The largest absolute Gasteiger partial charge is 0.463 e. The Morgan fingerprint density at radius 2 is 1.46 bits per heavy atom. The molecule has 0 unspecified atom stereocenters. The minimum Gasteiger partial charge on any atom is -0.463 e. The Morgan fingerprint density at radius 3 is 1.96 bits per heavy atom. The summed E-state index contributed by atoms with van der Waals surface area (Å²) in [5.74, 6) is -0.764. The molecular weight excluding hydrogens is 332 g/mol. The fourth-order valence-corrected chi connectivity index (χ4v) is 2.94. The second kappa shape index (κ2) is 17.1. The zero-order chi connectivity index (χ0) is 19.6. The van der Waals surface area contributed by atoms with Crippen molar-refractivity contribution in [2.24, 2.45) is 0 Å². The first-order valence-electron chi connectivity index (χ1n) is 10.0. The Bertz CT molecular complexity index is 381. The van der Waals surface area contributed by atoms with Gasteiger partial charge >= 0.3 is 11.9 Å². The molecule has 0 aromatic rings. The fraction of sp³-hybridized carbons (Fsp3) is 0.810. The van der Waals surface area contributed by atoms with E-state index in [1.807, 2.05) is 6.08 Å². The van der Waals surface area contributed by atoms with E-state index in [2.05, 4.69) is 6.58 Å². The molecule has 2 atom stereocenters. The number of ether oxygens (including phenoxy) is 2. The lowest BCUT2D eigenvalue weighted by molar-refractivity contribution is -0.151. The molecule has 0 saturated heterocycles. The van der Waals surface area contributed by atoms with Gasteiger partial charge in [0.1, 0.15) is 12.7 Å². The van der Waals surface area contributed by atoms with Crippen molar-refractivity contribution in [1.29, 1.82) is 0 Å².